The fraction of sp³-hybridized carbons (Fsp3) is 0.385. The minimum absolute atomic E-state index is 0.140. The van der Waals surface area contributed by atoms with Crippen molar-refractivity contribution in [2.75, 3.05) is 0 Å². The molecule has 0 saturated heterocycles. The van der Waals surface area contributed by atoms with Crippen molar-refractivity contribution in [1.82, 2.24) is 25.3 Å². The molecule has 2 heterocycles. The maximum atomic E-state index is 12.2. The second kappa shape index (κ2) is 5.28. The first-order valence-corrected chi connectivity index (χ1v) is 6.23. The summed E-state index contributed by atoms with van der Waals surface area (Å²) in [6.07, 6.45) is 1.65. The van der Waals surface area contributed by atoms with E-state index in [9.17, 15) is 9.59 Å². The molecule has 7 nitrogen and oxygen atoms in total. The van der Waals surface area contributed by atoms with Gasteiger partial charge in [0.25, 0.3) is 11.5 Å². The van der Waals surface area contributed by atoms with Crippen molar-refractivity contribution in [2.24, 2.45) is 7.05 Å². The van der Waals surface area contributed by atoms with Gasteiger partial charge in [0.1, 0.15) is 5.56 Å². The van der Waals surface area contributed by atoms with Gasteiger partial charge in [-0.15, -0.1) is 0 Å². The molecule has 2 rings (SSSR count). The minimum atomic E-state index is -0.394. The topological polar surface area (TPSA) is 92.7 Å². The summed E-state index contributed by atoms with van der Waals surface area (Å²) in [5.41, 5.74) is 2.79. The Bertz CT molecular complexity index is 714. The molecule has 1 amide bonds. The molecule has 0 aliphatic rings. The fourth-order valence-electron chi connectivity index (χ4n) is 1.93. The van der Waals surface area contributed by atoms with E-state index in [4.69, 9.17) is 0 Å². The van der Waals surface area contributed by atoms with Crippen molar-refractivity contribution in [3.63, 3.8) is 0 Å². The number of amides is 1. The van der Waals surface area contributed by atoms with E-state index in [1.165, 1.54) is 11.7 Å². The van der Waals surface area contributed by atoms with Gasteiger partial charge in [0.2, 0.25) is 0 Å². The van der Waals surface area contributed by atoms with E-state index in [0.717, 1.165) is 11.3 Å². The second-order valence-electron chi connectivity index (χ2n) is 4.72. The van der Waals surface area contributed by atoms with Crippen LogP contribution < -0.4 is 10.9 Å². The molecule has 0 radical (unpaired) electrons. The smallest absolute Gasteiger partial charge is 0.279 e. The van der Waals surface area contributed by atoms with Gasteiger partial charge in [0.15, 0.2) is 0 Å². The van der Waals surface area contributed by atoms with Crippen molar-refractivity contribution >= 4 is 5.91 Å². The molecule has 106 valence electrons. The van der Waals surface area contributed by atoms with Gasteiger partial charge in [-0.2, -0.15) is 10.2 Å². The Hall–Kier alpha value is -2.44. The normalized spacial score (nSPS) is 10.6. The second-order valence-corrected chi connectivity index (χ2v) is 4.72. The number of nitrogens with zero attached hydrogens (tertiary/aromatic N) is 3. The lowest BCUT2D eigenvalue weighted by atomic mass is 10.1. The highest BCUT2D eigenvalue weighted by molar-refractivity contribution is 5.95. The number of H-pyrrole nitrogens is 1. The van der Waals surface area contributed by atoms with Crippen molar-refractivity contribution in [1.29, 1.82) is 0 Å². The first-order valence-electron chi connectivity index (χ1n) is 6.23. The van der Waals surface area contributed by atoms with Crippen LogP contribution in [0.15, 0.2) is 11.0 Å². The molecule has 0 atom stereocenters. The quantitative estimate of drug-likeness (QED) is 0.845. The van der Waals surface area contributed by atoms with Gasteiger partial charge < -0.3 is 5.32 Å². The number of aromatic nitrogens is 4. The summed E-state index contributed by atoms with van der Waals surface area (Å²) >= 11 is 0. The molecule has 0 unspecified atom stereocenters. The van der Waals surface area contributed by atoms with Crippen molar-refractivity contribution in [3.05, 3.63) is 44.6 Å². The Morgan fingerprint density at radius 1 is 1.40 bits per heavy atom. The zero-order chi connectivity index (χ0) is 14.9. The SMILES string of the molecule is Cc1nn(C)c(=O)c(C(=O)NCc2cn[nH]c2C)c1C. The summed E-state index contributed by atoms with van der Waals surface area (Å²) < 4.78 is 1.18. The predicted octanol–water partition coefficient (Wildman–Crippen LogP) is 0.359. The van der Waals surface area contributed by atoms with Crippen LogP contribution >= 0.6 is 0 Å². The maximum absolute atomic E-state index is 12.2. The number of hydrogen-bond donors (Lipinski definition) is 2. The Balaban J connectivity index is 2.26. The third-order valence-corrected chi connectivity index (χ3v) is 3.33. The molecule has 0 bridgehead atoms. The predicted molar refractivity (Wildman–Crippen MR) is 73.4 cm³/mol. The summed E-state index contributed by atoms with van der Waals surface area (Å²) in [5.74, 6) is -0.394. The molecule has 0 aliphatic heterocycles. The van der Waals surface area contributed by atoms with Gasteiger partial charge in [-0.05, 0) is 26.3 Å². The molecule has 0 saturated carbocycles. The Labute approximate surface area is 116 Å². The molecule has 0 spiro atoms. The average molecular weight is 275 g/mol. The number of nitrogens with one attached hydrogen (secondary N) is 2. The van der Waals surface area contributed by atoms with Gasteiger partial charge in [-0.25, -0.2) is 4.68 Å². The molecule has 2 N–H and O–H groups in total. The van der Waals surface area contributed by atoms with E-state index in [1.54, 1.807) is 20.0 Å². The van der Waals surface area contributed by atoms with E-state index in [0.29, 0.717) is 17.8 Å². The summed E-state index contributed by atoms with van der Waals surface area (Å²) in [6.45, 7) is 5.69. The molecule has 7 heteroatoms. The van der Waals surface area contributed by atoms with Crippen LogP contribution in [0.1, 0.15) is 32.9 Å². The van der Waals surface area contributed by atoms with Crippen LogP contribution in [-0.4, -0.2) is 25.9 Å². The third-order valence-electron chi connectivity index (χ3n) is 3.33. The van der Waals surface area contributed by atoms with Crippen LogP contribution in [0.25, 0.3) is 0 Å². The van der Waals surface area contributed by atoms with Gasteiger partial charge in [-0.3, -0.25) is 14.7 Å². The maximum Gasteiger partial charge on any atom is 0.279 e. The molecular weight excluding hydrogens is 258 g/mol. The van der Waals surface area contributed by atoms with Gasteiger partial charge >= 0.3 is 0 Å². The molecule has 0 fully saturated rings. The van der Waals surface area contributed by atoms with Gasteiger partial charge in [-0.1, -0.05) is 0 Å². The van der Waals surface area contributed by atoms with Gasteiger partial charge in [0, 0.05) is 24.8 Å². The van der Waals surface area contributed by atoms with E-state index >= 15 is 0 Å². The monoisotopic (exact) mass is 275 g/mol. The zero-order valence-electron chi connectivity index (χ0n) is 11.9. The van der Waals surface area contributed by atoms with Crippen LogP contribution in [0.2, 0.25) is 0 Å². The highest BCUT2D eigenvalue weighted by atomic mass is 16.2. The lowest BCUT2D eigenvalue weighted by Gasteiger charge is -2.10. The Kier molecular flexibility index (Phi) is 3.69. The summed E-state index contributed by atoms with van der Waals surface area (Å²) in [5, 5.41) is 13.5. The average Bonchev–Trinajstić information content (AvgIpc) is 2.80. The van der Waals surface area contributed by atoms with Crippen molar-refractivity contribution in [3.8, 4) is 0 Å². The number of carbonyl (C=O) groups is 1. The van der Waals surface area contributed by atoms with Crippen molar-refractivity contribution < 1.29 is 4.79 Å². The fourth-order valence-corrected chi connectivity index (χ4v) is 1.93. The van der Waals surface area contributed by atoms with E-state index in [1.807, 2.05) is 6.92 Å². The largest absolute Gasteiger partial charge is 0.348 e. The third kappa shape index (κ3) is 2.47. The van der Waals surface area contributed by atoms with E-state index < -0.39 is 11.5 Å². The summed E-state index contributed by atoms with van der Waals surface area (Å²) in [6, 6.07) is 0. The number of hydrogen-bond acceptors (Lipinski definition) is 4. The van der Waals surface area contributed by atoms with Crippen LogP contribution in [0.5, 0.6) is 0 Å². The lowest BCUT2D eigenvalue weighted by molar-refractivity contribution is 0.0947. The van der Waals surface area contributed by atoms with Crippen molar-refractivity contribution in [2.45, 2.75) is 27.3 Å². The number of rotatable bonds is 3. The summed E-state index contributed by atoms with van der Waals surface area (Å²) in [4.78, 5) is 24.2. The minimum Gasteiger partial charge on any atom is -0.348 e. The number of aryl methyl sites for hydroxylation is 3. The van der Waals surface area contributed by atoms with Gasteiger partial charge in [0.05, 0.1) is 11.9 Å². The number of aromatic amines is 1. The lowest BCUT2D eigenvalue weighted by Crippen LogP contribution is -2.34. The Morgan fingerprint density at radius 2 is 2.10 bits per heavy atom. The molecule has 0 aliphatic carbocycles. The van der Waals surface area contributed by atoms with Crippen LogP contribution in [0.3, 0.4) is 0 Å². The molecule has 2 aromatic rings. The van der Waals surface area contributed by atoms with Crippen LogP contribution in [0, 0.1) is 20.8 Å². The van der Waals surface area contributed by atoms with Crippen LogP contribution in [-0.2, 0) is 13.6 Å². The molecular formula is C13H17N5O2. The van der Waals surface area contributed by atoms with E-state index in [-0.39, 0.29) is 5.56 Å². The first-order chi connectivity index (χ1) is 9.41. The standard InChI is InChI=1S/C13H17N5O2/c1-7-8(2)17-18(4)13(20)11(7)12(19)14-5-10-6-15-16-9(10)3/h6H,5H2,1-4H3,(H,14,19)(H,15,16). The first kappa shape index (κ1) is 14.0. The van der Waals surface area contributed by atoms with E-state index in [2.05, 4.69) is 20.6 Å². The number of carbonyl (C=O) groups excluding carboxylic acids is 1. The highest BCUT2D eigenvalue weighted by Gasteiger charge is 2.17. The molecule has 0 aromatic carbocycles. The van der Waals surface area contributed by atoms with Crippen LogP contribution in [0.4, 0.5) is 0 Å². The molecule has 20 heavy (non-hydrogen) atoms. The Morgan fingerprint density at radius 3 is 2.70 bits per heavy atom. The summed E-state index contributed by atoms with van der Waals surface area (Å²) in [7, 11) is 1.53. The highest BCUT2D eigenvalue weighted by Crippen LogP contribution is 2.07. The zero-order valence-corrected chi connectivity index (χ0v) is 11.9. The molecule has 2 aromatic heterocycles.